The highest BCUT2D eigenvalue weighted by Crippen LogP contribution is 2.32. The fraction of sp³-hybridized carbons (Fsp3) is 0.333. The van der Waals surface area contributed by atoms with Gasteiger partial charge >= 0.3 is 11.9 Å². The van der Waals surface area contributed by atoms with Crippen molar-refractivity contribution >= 4 is 11.9 Å². The van der Waals surface area contributed by atoms with E-state index in [1.165, 1.54) is 0 Å². The van der Waals surface area contributed by atoms with E-state index in [4.69, 9.17) is 19.3 Å². The molecule has 0 amide bonds. The van der Waals surface area contributed by atoms with Crippen LogP contribution in [0.4, 0.5) is 0 Å². The molecular weight excluding hydrogens is 396 g/mol. The van der Waals surface area contributed by atoms with Crippen molar-refractivity contribution in [2.45, 2.75) is 43.5 Å². The monoisotopic (exact) mass is 418 g/mol. The summed E-state index contributed by atoms with van der Waals surface area (Å²) in [5.74, 6) is -2.29. The van der Waals surface area contributed by atoms with E-state index in [1.807, 2.05) is 6.07 Å². The minimum atomic E-state index is -1.87. The zero-order valence-corrected chi connectivity index (χ0v) is 16.0. The molecule has 0 spiro atoms. The first-order valence-electron chi connectivity index (χ1n) is 9.24. The zero-order valence-electron chi connectivity index (χ0n) is 16.0. The quantitative estimate of drug-likeness (QED) is 0.506. The topological polar surface area (TPSA) is 143 Å². The van der Waals surface area contributed by atoms with E-state index < -0.39 is 48.6 Å². The van der Waals surface area contributed by atoms with E-state index in [2.05, 4.69) is 0 Å². The highest BCUT2D eigenvalue weighted by atomic mass is 16.7. The maximum Gasteiger partial charge on any atom is 0.335 e. The number of carbonyl (C=O) groups is 2. The molecule has 4 N–H and O–H groups in total. The van der Waals surface area contributed by atoms with Gasteiger partial charge in [-0.05, 0) is 25.1 Å². The van der Waals surface area contributed by atoms with Crippen LogP contribution in [0.2, 0.25) is 0 Å². The van der Waals surface area contributed by atoms with Gasteiger partial charge in [0.15, 0.2) is 6.10 Å². The molecule has 1 unspecified atom stereocenters. The number of aliphatic carboxylic acids is 1. The van der Waals surface area contributed by atoms with Crippen LogP contribution in [0.5, 0.6) is 11.5 Å². The molecule has 0 aliphatic carbocycles. The maximum absolute atomic E-state index is 12.7. The van der Waals surface area contributed by atoms with Crippen LogP contribution in [0.15, 0.2) is 54.6 Å². The minimum absolute atomic E-state index is 0.414. The van der Waals surface area contributed by atoms with Crippen LogP contribution in [0.3, 0.4) is 0 Å². The molecule has 6 atom stereocenters. The number of benzene rings is 2. The van der Waals surface area contributed by atoms with Gasteiger partial charge in [0.05, 0.1) is 5.92 Å². The predicted molar refractivity (Wildman–Crippen MR) is 102 cm³/mol. The molecule has 0 bridgehead atoms. The van der Waals surface area contributed by atoms with Gasteiger partial charge in [-0.2, -0.15) is 0 Å². The second kappa shape index (κ2) is 9.23. The van der Waals surface area contributed by atoms with Crippen molar-refractivity contribution in [3.05, 3.63) is 60.2 Å². The molecule has 0 aromatic heterocycles. The fourth-order valence-electron chi connectivity index (χ4n) is 3.04. The van der Waals surface area contributed by atoms with Crippen LogP contribution in [0.25, 0.3) is 0 Å². The summed E-state index contributed by atoms with van der Waals surface area (Å²) < 4.78 is 15.9. The lowest BCUT2D eigenvalue weighted by Crippen LogP contribution is -2.60. The van der Waals surface area contributed by atoms with Crippen LogP contribution in [0.1, 0.15) is 18.4 Å². The van der Waals surface area contributed by atoms with E-state index in [1.54, 1.807) is 55.5 Å². The molecule has 1 saturated heterocycles. The van der Waals surface area contributed by atoms with Crippen LogP contribution in [-0.4, -0.2) is 63.1 Å². The number of rotatable bonds is 6. The van der Waals surface area contributed by atoms with Crippen molar-refractivity contribution in [2.75, 3.05) is 0 Å². The summed E-state index contributed by atoms with van der Waals surface area (Å²) in [5, 5.41) is 38.7. The summed E-state index contributed by atoms with van der Waals surface area (Å²) in [4.78, 5) is 23.9. The summed E-state index contributed by atoms with van der Waals surface area (Å²) in [6, 6.07) is 15.7. The number of carboxylic acids is 1. The number of carboxylic acid groups (broad SMARTS) is 1. The average Bonchev–Trinajstić information content (AvgIpc) is 2.74. The number of aliphatic hydroxyl groups excluding tert-OH is 3. The van der Waals surface area contributed by atoms with Gasteiger partial charge in [0, 0.05) is 5.56 Å². The lowest BCUT2D eigenvalue weighted by atomic mass is 9.98. The van der Waals surface area contributed by atoms with Gasteiger partial charge < -0.3 is 34.6 Å². The average molecular weight is 418 g/mol. The first kappa shape index (κ1) is 21.7. The third-order valence-electron chi connectivity index (χ3n) is 4.76. The standard InChI is InChI=1S/C21H22O9/c1-11(13-9-5-6-10-14(13)28-12-7-3-2-4-8-12)20(27)30-21-17(24)15(22)16(23)18(29-21)19(25)26/h2-11,15-18,21-24H,1H3,(H,25,26)/t11?,15-,16-,17+,18-,21-/m0/s1. The number of para-hydroxylation sites is 2. The molecule has 2 aromatic carbocycles. The fourth-order valence-corrected chi connectivity index (χ4v) is 3.04. The van der Waals surface area contributed by atoms with Crippen molar-refractivity contribution in [2.24, 2.45) is 0 Å². The molecular formula is C21H22O9. The summed E-state index contributed by atoms with van der Waals surface area (Å²) in [5.41, 5.74) is 0.493. The van der Waals surface area contributed by atoms with Crippen LogP contribution in [0, 0.1) is 0 Å². The summed E-state index contributed by atoms with van der Waals surface area (Å²) >= 11 is 0. The number of aliphatic hydroxyl groups is 3. The Labute approximate surface area is 172 Å². The van der Waals surface area contributed by atoms with E-state index in [-0.39, 0.29) is 0 Å². The van der Waals surface area contributed by atoms with Gasteiger partial charge in [-0.25, -0.2) is 4.79 Å². The maximum atomic E-state index is 12.7. The Hall–Kier alpha value is -2.98. The van der Waals surface area contributed by atoms with Crippen LogP contribution < -0.4 is 4.74 Å². The van der Waals surface area contributed by atoms with E-state index in [9.17, 15) is 24.9 Å². The van der Waals surface area contributed by atoms with Crippen molar-refractivity contribution in [3.8, 4) is 11.5 Å². The van der Waals surface area contributed by atoms with Gasteiger partial charge in [-0.15, -0.1) is 0 Å². The molecule has 3 rings (SSSR count). The third-order valence-corrected chi connectivity index (χ3v) is 4.76. The van der Waals surface area contributed by atoms with Gasteiger partial charge in [-0.1, -0.05) is 36.4 Å². The first-order valence-corrected chi connectivity index (χ1v) is 9.24. The van der Waals surface area contributed by atoms with Crippen molar-refractivity contribution in [1.82, 2.24) is 0 Å². The smallest absolute Gasteiger partial charge is 0.335 e. The number of hydrogen-bond donors (Lipinski definition) is 4. The van der Waals surface area contributed by atoms with Crippen LogP contribution in [-0.2, 0) is 19.1 Å². The largest absolute Gasteiger partial charge is 0.479 e. The van der Waals surface area contributed by atoms with Crippen molar-refractivity contribution in [1.29, 1.82) is 0 Å². The Bertz CT molecular complexity index is 885. The summed E-state index contributed by atoms with van der Waals surface area (Å²) in [7, 11) is 0. The SMILES string of the molecule is CC(C(=O)O[C@@H]1O[C@H](C(=O)O)[C@@H](O)[C@H](O)[C@H]1O)c1ccccc1Oc1ccccc1. The molecule has 0 saturated carbocycles. The molecule has 1 heterocycles. The lowest BCUT2D eigenvalue weighted by molar-refractivity contribution is -0.286. The highest BCUT2D eigenvalue weighted by molar-refractivity contribution is 5.79. The predicted octanol–water partition coefficient (Wildman–Crippen LogP) is 1.02. The van der Waals surface area contributed by atoms with E-state index in [0.29, 0.717) is 17.1 Å². The van der Waals surface area contributed by atoms with Gasteiger partial charge in [0.25, 0.3) is 0 Å². The van der Waals surface area contributed by atoms with Gasteiger partial charge in [0.1, 0.15) is 29.8 Å². The van der Waals surface area contributed by atoms with Crippen LogP contribution >= 0.6 is 0 Å². The Morgan fingerprint density at radius 2 is 1.57 bits per heavy atom. The lowest BCUT2D eigenvalue weighted by Gasteiger charge is -2.38. The van der Waals surface area contributed by atoms with Gasteiger partial charge in [-0.3, -0.25) is 4.79 Å². The molecule has 9 nitrogen and oxygen atoms in total. The number of ether oxygens (including phenoxy) is 3. The molecule has 30 heavy (non-hydrogen) atoms. The second-order valence-electron chi connectivity index (χ2n) is 6.85. The number of carbonyl (C=O) groups excluding carboxylic acids is 1. The summed E-state index contributed by atoms with van der Waals surface area (Å²) in [6.45, 7) is 1.55. The molecule has 160 valence electrons. The number of esters is 1. The van der Waals surface area contributed by atoms with Crippen molar-refractivity contribution in [3.63, 3.8) is 0 Å². The van der Waals surface area contributed by atoms with E-state index in [0.717, 1.165) is 0 Å². The molecule has 1 aliphatic heterocycles. The molecule has 9 heteroatoms. The first-order chi connectivity index (χ1) is 14.3. The Balaban J connectivity index is 1.75. The Morgan fingerprint density at radius 3 is 2.23 bits per heavy atom. The second-order valence-corrected chi connectivity index (χ2v) is 6.85. The minimum Gasteiger partial charge on any atom is -0.479 e. The molecule has 1 aliphatic rings. The molecule has 1 fully saturated rings. The number of hydrogen-bond acceptors (Lipinski definition) is 8. The highest BCUT2D eigenvalue weighted by Gasteiger charge is 2.48. The molecule has 2 aromatic rings. The zero-order chi connectivity index (χ0) is 21.8. The summed E-state index contributed by atoms with van der Waals surface area (Å²) in [6.07, 6.45) is -9.17. The van der Waals surface area contributed by atoms with Crippen molar-refractivity contribution < 1.29 is 44.2 Å². The Morgan fingerprint density at radius 1 is 0.933 bits per heavy atom. The Kier molecular flexibility index (Phi) is 6.68. The normalized spacial score (nSPS) is 27.1. The van der Waals surface area contributed by atoms with Gasteiger partial charge in [0.2, 0.25) is 6.29 Å². The van der Waals surface area contributed by atoms with E-state index >= 15 is 0 Å². The third kappa shape index (κ3) is 4.60. The molecule has 0 radical (unpaired) electrons.